The molecule has 0 unspecified atom stereocenters. The quantitative estimate of drug-likeness (QED) is 0.792. The lowest BCUT2D eigenvalue weighted by Crippen LogP contribution is -2.13. The summed E-state index contributed by atoms with van der Waals surface area (Å²) in [5.41, 5.74) is 7.23. The lowest BCUT2D eigenvalue weighted by Gasteiger charge is -2.00. The third kappa shape index (κ3) is 4.64. The van der Waals surface area contributed by atoms with Crippen LogP contribution in [0.3, 0.4) is 0 Å². The number of halogens is 1. The van der Waals surface area contributed by atoms with Crippen molar-refractivity contribution in [1.29, 1.82) is 0 Å². The number of anilines is 1. The number of aryl methyl sites for hydroxylation is 2. The fourth-order valence-corrected chi connectivity index (χ4v) is 2.33. The zero-order valence-electron chi connectivity index (χ0n) is 11.3. The summed E-state index contributed by atoms with van der Waals surface area (Å²) in [5, 5.41) is 4.93. The van der Waals surface area contributed by atoms with Gasteiger partial charge < -0.3 is 5.73 Å². The Kier molecular flexibility index (Phi) is 5.24. The summed E-state index contributed by atoms with van der Waals surface area (Å²) in [5.74, 6) is -0.204. The predicted molar refractivity (Wildman–Crippen MR) is 78.1 cm³/mol. The van der Waals surface area contributed by atoms with Crippen molar-refractivity contribution in [3.05, 3.63) is 59.4 Å². The number of primary sulfonamides is 1. The minimum Gasteiger partial charge on any atom is -0.399 e. The second-order valence-electron chi connectivity index (χ2n) is 4.32. The zero-order chi connectivity index (χ0) is 15.3. The number of benzene rings is 2. The molecular weight excluding hydrogens is 279 g/mol. The first-order valence-electron chi connectivity index (χ1n) is 5.82. The van der Waals surface area contributed by atoms with Gasteiger partial charge in [-0.15, -0.1) is 0 Å². The number of hydrogen-bond acceptors (Lipinski definition) is 3. The Labute approximate surface area is 118 Å². The average molecular weight is 296 g/mol. The van der Waals surface area contributed by atoms with Crippen molar-refractivity contribution < 1.29 is 12.8 Å². The van der Waals surface area contributed by atoms with Crippen LogP contribution in [0.25, 0.3) is 0 Å². The van der Waals surface area contributed by atoms with Crippen molar-refractivity contribution >= 4 is 15.7 Å². The second kappa shape index (κ2) is 6.49. The molecule has 0 aromatic heterocycles. The Balaban J connectivity index is 0.000000204. The molecule has 0 aliphatic rings. The number of hydrogen-bond donors (Lipinski definition) is 2. The fourth-order valence-electron chi connectivity index (χ4n) is 1.54. The Morgan fingerprint density at radius 1 is 1.00 bits per heavy atom. The summed E-state index contributed by atoms with van der Waals surface area (Å²) in [6.07, 6.45) is 0. The van der Waals surface area contributed by atoms with E-state index in [9.17, 15) is 12.8 Å². The fraction of sp³-hybridized carbons (Fsp3) is 0.143. The normalized spacial score (nSPS) is 10.6. The molecule has 20 heavy (non-hydrogen) atoms. The van der Waals surface area contributed by atoms with Crippen LogP contribution in [0, 0.1) is 19.7 Å². The van der Waals surface area contributed by atoms with Gasteiger partial charge in [-0.2, -0.15) is 0 Å². The highest BCUT2D eigenvalue weighted by atomic mass is 32.2. The van der Waals surface area contributed by atoms with Gasteiger partial charge in [-0.05, 0) is 49.2 Å². The first-order chi connectivity index (χ1) is 9.21. The molecule has 2 aromatic carbocycles. The standard InChI is InChI=1S/C7H8FN.C7H9NO2S/c1-5-4-6(9)2-3-7(5)8;1-6-4-2-3-5-7(6)11(8,9)10/h2-4H,9H2,1H3;2-5H,1H3,(H2,8,9,10). The minimum atomic E-state index is -3.53. The van der Waals surface area contributed by atoms with Crippen LogP contribution in [0.15, 0.2) is 47.4 Å². The van der Waals surface area contributed by atoms with E-state index in [0.29, 0.717) is 16.8 Å². The van der Waals surface area contributed by atoms with Gasteiger partial charge >= 0.3 is 0 Å². The van der Waals surface area contributed by atoms with Crippen LogP contribution in [-0.4, -0.2) is 8.42 Å². The largest absolute Gasteiger partial charge is 0.399 e. The molecule has 0 amide bonds. The molecular formula is C14H17FN2O2S. The molecule has 0 radical (unpaired) electrons. The van der Waals surface area contributed by atoms with Gasteiger partial charge in [0, 0.05) is 5.69 Å². The van der Waals surface area contributed by atoms with Gasteiger partial charge in [0.25, 0.3) is 0 Å². The number of rotatable bonds is 1. The molecule has 0 aliphatic heterocycles. The van der Waals surface area contributed by atoms with E-state index in [0.717, 1.165) is 0 Å². The molecule has 0 saturated carbocycles. The third-order valence-electron chi connectivity index (χ3n) is 2.58. The van der Waals surface area contributed by atoms with Gasteiger partial charge in [0.05, 0.1) is 4.90 Å². The van der Waals surface area contributed by atoms with Crippen molar-refractivity contribution in [2.45, 2.75) is 18.7 Å². The Morgan fingerprint density at radius 3 is 2.00 bits per heavy atom. The molecule has 6 heteroatoms. The molecule has 0 bridgehead atoms. The van der Waals surface area contributed by atoms with Crippen molar-refractivity contribution in [2.75, 3.05) is 5.73 Å². The molecule has 0 spiro atoms. The van der Waals surface area contributed by atoms with Crippen LogP contribution in [0.1, 0.15) is 11.1 Å². The van der Waals surface area contributed by atoms with E-state index in [1.165, 1.54) is 12.1 Å². The van der Waals surface area contributed by atoms with E-state index in [4.69, 9.17) is 10.9 Å². The van der Waals surface area contributed by atoms with Gasteiger partial charge in [-0.1, -0.05) is 18.2 Å². The first kappa shape index (κ1) is 16.1. The topological polar surface area (TPSA) is 86.2 Å². The first-order valence-corrected chi connectivity index (χ1v) is 7.36. The number of sulfonamides is 1. The summed E-state index contributed by atoms with van der Waals surface area (Å²) in [4.78, 5) is 0.194. The van der Waals surface area contributed by atoms with E-state index in [-0.39, 0.29) is 10.7 Å². The highest BCUT2D eigenvalue weighted by Crippen LogP contribution is 2.11. The molecule has 108 valence electrons. The average Bonchev–Trinajstić information content (AvgIpc) is 2.34. The predicted octanol–water partition coefficient (Wildman–Crippen LogP) is 2.36. The highest BCUT2D eigenvalue weighted by Gasteiger charge is 2.08. The molecule has 0 aliphatic carbocycles. The van der Waals surface area contributed by atoms with Crippen molar-refractivity contribution in [3.8, 4) is 0 Å². The van der Waals surface area contributed by atoms with Crippen molar-refractivity contribution in [3.63, 3.8) is 0 Å². The summed E-state index contributed by atoms with van der Waals surface area (Å²) >= 11 is 0. The van der Waals surface area contributed by atoms with E-state index in [1.54, 1.807) is 44.2 Å². The maximum absolute atomic E-state index is 12.4. The molecule has 4 N–H and O–H groups in total. The van der Waals surface area contributed by atoms with Gasteiger partial charge in [0.1, 0.15) is 5.82 Å². The summed E-state index contributed by atoms with van der Waals surface area (Å²) in [6.45, 7) is 3.39. The van der Waals surface area contributed by atoms with E-state index >= 15 is 0 Å². The zero-order valence-corrected chi connectivity index (χ0v) is 12.1. The summed E-state index contributed by atoms with van der Waals surface area (Å²) < 4.78 is 34.1. The van der Waals surface area contributed by atoms with Crippen LogP contribution in [0.2, 0.25) is 0 Å². The maximum atomic E-state index is 12.4. The van der Waals surface area contributed by atoms with Gasteiger partial charge in [-0.3, -0.25) is 0 Å². The van der Waals surface area contributed by atoms with Gasteiger partial charge in [-0.25, -0.2) is 17.9 Å². The molecule has 0 atom stereocenters. The van der Waals surface area contributed by atoms with Crippen LogP contribution in [0.5, 0.6) is 0 Å². The third-order valence-corrected chi connectivity index (χ3v) is 3.65. The van der Waals surface area contributed by atoms with Gasteiger partial charge in [0.15, 0.2) is 0 Å². The minimum absolute atomic E-state index is 0.194. The number of nitrogen functional groups attached to an aromatic ring is 1. The Hall–Kier alpha value is -1.92. The van der Waals surface area contributed by atoms with Crippen molar-refractivity contribution in [1.82, 2.24) is 0 Å². The molecule has 0 saturated heterocycles. The Morgan fingerprint density at radius 2 is 1.60 bits per heavy atom. The van der Waals surface area contributed by atoms with Crippen LogP contribution in [0.4, 0.5) is 10.1 Å². The molecule has 0 heterocycles. The smallest absolute Gasteiger partial charge is 0.238 e. The van der Waals surface area contributed by atoms with Crippen LogP contribution in [-0.2, 0) is 10.0 Å². The number of nitrogens with two attached hydrogens (primary N) is 2. The van der Waals surface area contributed by atoms with Crippen molar-refractivity contribution in [2.24, 2.45) is 5.14 Å². The summed E-state index contributed by atoms with van der Waals surface area (Å²) in [6, 6.07) is 11.1. The summed E-state index contributed by atoms with van der Waals surface area (Å²) in [7, 11) is -3.53. The maximum Gasteiger partial charge on any atom is 0.238 e. The van der Waals surface area contributed by atoms with Gasteiger partial charge in [0.2, 0.25) is 10.0 Å². The molecule has 4 nitrogen and oxygen atoms in total. The van der Waals surface area contributed by atoms with Crippen LogP contribution < -0.4 is 10.9 Å². The van der Waals surface area contributed by atoms with Crippen LogP contribution >= 0.6 is 0 Å². The van der Waals surface area contributed by atoms with E-state index in [1.807, 2.05) is 0 Å². The van der Waals surface area contributed by atoms with E-state index in [2.05, 4.69) is 0 Å². The highest BCUT2D eigenvalue weighted by molar-refractivity contribution is 7.89. The molecule has 2 rings (SSSR count). The monoisotopic (exact) mass is 296 g/mol. The molecule has 0 fully saturated rings. The molecule has 2 aromatic rings. The Bertz CT molecular complexity index is 700. The SMILES string of the molecule is Cc1cc(N)ccc1F.Cc1ccccc1S(N)(=O)=O. The van der Waals surface area contributed by atoms with E-state index < -0.39 is 10.0 Å². The second-order valence-corrected chi connectivity index (χ2v) is 5.85. The lowest BCUT2D eigenvalue weighted by molar-refractivity contribution is 0.597. The lowest BCUT2D eigenvalue weighted by atomic mass is 10.2.